The van der Waals surface area contributed by atoms with Crippen LogP contribution >= 0.6 is 0 Å². The predicted octanol–water partition coefficient (Wildman–Crippen LogP) is 12.7. The minimum atomic E-state index is -0.556. The summed E-state index contributed by atoms with van der Waals surface area (Å²) in [5, 5.41) is 9.25. The Morgan fingerprint density at radius 3 is 1.50 bits per heavy atom. The maximum Gasteiger partial charge on any atom is 0.227 e. The molecule has 0 radical (unpaired) electrons. The van der Waals surface area contributed by atoms with Gasteiger partial charge in [0.25, 0.3) is 0 Å². The van der Waals surface area contributed by atoms with Gasteiger partial charge in [-0.1, -0.05) is 146 Å². The van der Waals surface area contributed by atoms with Crippen molar-refractivity contribution in [1.29, 1.82) is 5.26 Å². The maximum absolute atomic E-state index is 9.25. The van der Waals surface area contributed by atoms with Crippen molar-refractivity contribution in [2.75, 3.05) is 0 Å². The third-order valence-corrected chi connectivity index (χ3v) is 10.9. The first-order valence-electron chi connectivity index (χ1n) is 18.2. The second kappa shape index (κ2) is 12.7. The van der Waals surface area contributed by atoms with Crippen LogP contribution in [-0.4, -0.2) is 4.98 Å². The predicted molar refractivity (Wildman–Crippen MR) is 218 cm³/mol. The lowest BCUT2D eigenvalue weighted by Gasteiger charge is -2.34. The van der Waals surface area contributed by atoms with Crippen molar-refractivity contribution in [3.63, 3.8) is 0 Å². The number of para-hydroxylation sites is 2. The Balaban J connectivity index is 1.13. The summed E-state index contributed by atoms with van der Waals surface area (Å²) in [7, 11) is 0. The van der Waals surface area contributed by atoms with Gasteiger partial charge in [0.15, 0.2) is 5.58 Å². The van der Waals surface area contributed by atoms with E-state index in [2.05, 4.69) is 152 Å². The number of aromatic nitrogens is 1. The van der Waals surface area contributed by atoms with Gasteiger partial charge in [-0.2, -0.15) is 5.26 Å². The van der Waals surface area contributed by atoms with Gasteiger partial charge in [0.05, 0.1) is 17.0 Å². The first-order valence-corrected chi connectivity index (χ1v) is 18.2. The van der Waals surface area contributed by atoms with Gasteiger partial charge in [-0.15, -0.1) is 0 Å². The van der Waals surface area contributed by atoms with Gasteiger partial charge in [-0.05, 0) is 115 Å². The van der Waals surface area contributed by atoms with Crippen LogP contribution in [0.1, 0.15) is 27.8 Å². The molecule has 9 aromatic rings. The van der Waals surface area contributed by atoms with Crippen LogP contribution in [0.5, 0.6) is 0 Å². The molecular formula is C51H32N2O. The quantitative estimate of drug-likeness (QED) is 0.175. The SMILES string of the molecule is N#Cc1ccc(-c2ccc(-c3ccc4c(c3)C(c3ccccc3)(c3ccccc3)c3cc(-c5cccc(-c6nc7ccccc7o6)c5)ccc3-4)cc2)cc1. The molecule has 0 unspecified atom stereocenters. The lowest BCUT2D eigenvalue weighted by Crippen LogP contribution is -2.28. The van der Waals surface area contributed by atoms with Crippen molar-refractivity contribution in [3.05, 3.63) is 222 Å². The fraction of sp³-hybridized carbons (Fsp3) is 0.0196. The summed E-state index contributed by atoms with van der Waals surface area (Å²) in [4.78, 5) is 4.79. The van der Waals surface area contributed by atoms with E-state index in [-0.39, 0.29) is 0 Å². The second-order valence-corrected chi connectivity index (χ2v) is 13.8. The van der Waals surface area contributed by atoms with Crippen molar-refractivity contribution in [2.24, 2.45) is 0 Å². The summed E-state index contributed by atoms with van der Waals surface area (Å²) in [5.74, 6) is 0.618. The van der Waals surface area contributed by atoms with Gasteiger partial charge >= 0.3 is 0 Å². The molecule has 0 amide bonds. The Labute approximate surface area is 314 Å². The molecule has 0 fully saturated rings. The van der Waals surface area contributed by atoms with Gasteiger partial charge < -0.3 is 4.42 Å². The van der Waals surface area contributed by atoms with Gasteiger partial charge in [0.1, 0.15) is 5.52 Å². The highest BCUT2D eigenvalue weighted by Gasteiger charge is 2.46. The zero-order chi connectivity index (χ0) is 36.1. The van der Waals surface area contributed by atoms with E-state index in [1.54, 1.807) is 0 Å². The average molecular weight is 689 g/mol. The van der Waals surface area contributed by atoms with E-state index in [0.29, 0.717) is 11.5 Å². The van der Waals surface area contributed by atoms with Crippen LogP contribution in [0.2, 0.25) is 0 Å². The van der Waals surface area contributed by atoms with Crippen LogP contribution in [0.4, 0.5) is 0 Å². The molecule has 0 bridgehead atoms. The van der Waals surface area contributed by atoms with Gasteiger partial charge in [-0.3, -0.25) is 0 Å². The molecule has 1 aliphatic carbocycles. The molecule has 0 N–H and O–H groups in total. The van der Waals surface area contributed by atoms with Gasteiger partial charge in [0.2, 0.25) is 5.89 Å². The molecule has 3 heteroatoms. The molecule has 0 spiro atoms. The van der Waals surface area contributed by atoms with Crippen LogP contribution in [0.15, 0.2) is 199 Å². The van der Waals surface area contributed by atoms with Crippen LogP contribution in [0, 0.1) is 11.3 Å². The minimum Gasteiger partial charge on any atom is -0.436 e. The highest BCUT2D eigenvalue weighted by Crippen LogP contribution is 2.57. The normalized spacial score (nSPS) is 12.6. The summed E-state index contributed by atoms with van der Waals surface area (Å²) >= 11 is 0. The zero-order valence-corrected chi connectivity index (χ0v) is 29.3. The lowest BCUT2D eigenvalue weighted by atomic mass is 9.67. The average Bonchev–Trinajstić information content (AvgIpc) is 3.82. The number of fused-ring (bicyclic) bond motifs is 4. The van der Waals surface area contributed by atoms with Gasteiger partial charge in [0, 0.05) is 5.56 Å². The van der Waals surface area contributed by atoms with Crippen molar-refractivity contribution in [1.82, 2.24) is 4.98 Å². The number of nitrogens with zero attached hydrogens (tertiary/aromatic N) is 2. The lowest BCUT2D eigenvalue weighted by molar-refractivity contribution is 0.620. The van der Waals surface area contributed by atoms with Crippen molar-refractivity contribution in [3.8, 4) is 62.0 Å². The summed E-state index contributed by atoms with van der Waals surface area (Å²) < 4.78 is 6.17. The Kier molecular flexibility index (Phi) is 7.42. The molecule has 0 saturated carbocycles. The third-order valence-electron chi connectivity index (χ3n) is 10.9. The summed E-state index contributed by atoms with van der Waals surface area (Å²) in [5.41, 5.74) is 16.9. The smallest absolute Gasteiger partial charge is 0.227 e. The minimum absolute atomic E-state index is 0.556. The molecule has 0 saturated heterocycles. The largest absolute Gasteiger partial charge is 0.436 e. The van der Waals surface area contributed by atoms with E-state index in [1.165, 1.54) is 33.4 Å². The first-order chi connectivity index (χ1) is 26.7. The molecule has 1 aliphatic rings. The highest BCUT2D eigenvalue weighted by molar-refractivity contribution is 5.90. The van der Waals surface area contributed by atoms with Gasteiger partial charge in [-0.25, -0.2) is 4.98 Å². The third kappa shape index (κ3) is 5.08. The topological polar surface area (TPSA) is 49.8 Å². The number of rotatable bonds is 6. The molecule has 1 aromatic heterocycles. The molecule has 54 heavy (non-hydrogen) atoms. The molecule has 3 nitrogen and oxygen atoms in total. The maximum atomic E-state index is 9.25. The number of benzene rings is 8. The van der Waals surface area contributed by atoms with Crippen LogP contribution < -0.4 is 0 Å². The summed E-state index contributed by atoms with van der Waals surface area (Å²) in [6.07, 6.45) is 0. The van der Waals surface area contributed by atoms with E-state index in [9.17, 15) is 5.26 Å². The second-order valence-electron chi connectivity index (χ2n) is 13.8. The number of hydrogen-bond acceptors (Lipinski definition) is 3. The Bertz CT molecular complexity index is 2790. The van der Waals surface area contributed by atoms with Crippen LogP contribution in [0.3, 0.4) is 0 Å². The zero-order valence-electron chi connectivity index (χ0n) is 29.3. The monoisotopic (exact) mass is 688 g/mol. The molecular weight excluding hydrogens is 657 g/mol. The van der Waals surface area contributed by atoms with Crippen molar-refractivity contribution in [2.45, 2.75) is 5.41 Å². The fourth-order valence-corrected chi connectivity index (χ4v) is 8.27. The number of hydrogen-bond donors (Lipinski definition) is 0. The van der Waals surface area contributed by atoms with E-state index in [0.717, 1.165) is 50.0 Å². The van der Waals surface area contributed by atoms with Crippen molar-refractivity contribution >= 4 is 11.1 Å². The van der Waals surface area contributed by atoms with E-state index < -0.39 is 5.41 Å². The van der Waals surface area contributed by atoms with E-state index in [4.69, 9.17) is 9.40 Å². The Morgan fingerprint density at radius 2 is 0.907 bits per heavy atom. The molecule has 1 heterocycles. The van der Waals surface area contributed by atoms with Crippen LogP contribution in [-0.2, 0) is 5.41 Å². The standard InChI is InChI=1S/C51H32N2O/c52-33-34-18-20-35(21-19-34)36-22-24-37(25-23-36)39-26-28-44-45-29-27-40(38-10-9-11-41(30-38)50-53-48-16-7-8-17-49(48)54-50)32-47(45)51(46(44)31-39,42-12-3-1-4-13-42)43-14-5-2-6-15-43/h1-32H. The summed E-state index contributed by atoms with van der Waals surface area (Å²) in [6.45, 7) is 0. The number of nitriles is 1. The summed E-state index contributed by atoms with van der Waals surface area (Å²) in [6, 6.07) is 70.9. The number of oxazole rings is 1. The molecule has 252 valence electrons. The Morgan fingerprint density at radius 1 is 0.426 bits per heavy atom. The van der Waals surface area contributed by atoms with Crippen molar-refractivity contribution < 1.29 is 4.42 Å². The highest BCUT2D eigenvalue weighted by atomic mass is 16.3. The molecule has 0 aliphatic heterocycles. The Hall–Kier alpha value is -7.28. The van der Waals surface area contributed by atoms with Crippen LogP contribution in [0.25, 0.3) is 67.1 Å². The molecule has 10 rings (SSSR count). The molecule has 8 aromatic carbocycles. The fourth-order valence-electron chi connectivity index (χ4n) is 8.27. The van der Waals surface area contributed by atoms with E-state index in [1.807, 2.05) is 48.5 Å². The first kappa shape index (κ1) is 31.5. The molecule has 0 atom stereocenters. The van der Waals surface area contributed by atoms with E-state index >= 15 is 0 Å².